The fourth-order valence-electron chi connectivity index (χ4n) is 1.50. The summed E-state index contributed by atoms with van der Waals surface area (Å²) in [5.74, 6) is 0.659. The first-order valence-corrected chi connectivity index (χ1v) is 7.21. The molecular formula is C10H16ClNO2S2. The van der Waals surface area contributed by atoms with E-state index in [2.05, 4.69) is 4.90 Å². The molecule has 1 saturated heterocycles. The third-order valence-corrected chi connectivity index (χ3v) is 4.26. The van der Waals surface area contributed by atoms with Gasteiger partial charge in [-0.2, -0.15) is 0 Å². The molecule has 92 valence electrons. The molecule has 1 aliphatic rings. The average Bonchev–Trinajstić information content (AvgIpc) is 2.76. The number of rotatable bonds is 4. The Hall–Kier alpha value is -0.0000000000000000833. The number of hydrogen-bond acceptors (Lipinski definition) is 4. The standard InChI is InChI=1S/C10H16ClNO2S2/c1-8(13)14-9(6-11)7-16-10(15)12-4-2-3-5-12/h9H,2-7H2,1H3. The van der Waals surface area contributed by atoms with E-state index < -0.39 is 0 Å². The highest BCUT2D eigenvalue weighted by molar-refractivity contribution is 8.22. The van der Waals surface area contributed by atoms with E-state index in [0.717, 1.165) is 17.4 Å². The Balaban J connectivity index is 2.25. The summed E-state index contributed by atoms with van der Waals surface area (Å²) in [6.07, 6.45) is 2.18. The van der Waals surface area contributed by atoms with E-state index in [1.54, 1.807) is 11.8 Å². The smallest absolute Gasteiger partial charge is 0.302 e. The van der Waals surface area contributed by atoms with Crippen LogP contribution >= 0.6 is 35.6 Å². The van der Waals surface area contributed by atoms with E-state index in [9.17, 15) is 4.79 Å². The number of esters is 1. The van der Waals surface area contributed by atoms with Crippen molar-refractivity contribution in [2.45, 2.75) is 25.9 Å². The van der Waals surface area contributed by atoms with Gasteiger partial charge in [-0.1, -0.05) is 24.0 Å². The molecule has 0 saturated carbocycles. The lowest BCUT2D eigenvalue weighted by Gasteiger charge is -2.19. The number of carbonyl (C=O) groups excluding carboxylic acids is 1. The van der Waals surface area contributed by atoms with Crippen LogP contribution in [0.3, 0.4) is 0 Å². The van der Waals surface area contributed by atoms with Crippen LogP contribution in [0.5, 0.6) is 0 Å². The van der Waals surface area contributed by atoms with Crippen LogP contribution in [-0.2, 0) is 9.53 Å². The second-order valence-corrected chi connectivity index (χ2v) is 5.62. The summed E-state index contributed by atoms with van der Waals surface area (Å²) in [7, 11) is 0. The fraction of sp³-hybridized carbons (Fsp3) is 0.800. The summed E-state index contributed by atoms with van der Waals surface area (Å²) in [4.78, 5) is 13.0. The van der Waals surface area contributed by atoms with Gasteiger partial charge in [-0.25, -0.2) is 0 Å². The first-order valence-electron chi connectivity index (χ1n) is 5.28. The molecule has 1 fully saturated rings. The van der Waals surface area contributed by atoms with Crippen LogP contribution in [0.15, 0.2) is 0 Å². The van der Waals surface area contributed by atoms with Crippen molar-refractivity contribution in [3.05, 3.63) is 0 Å². The first kappa shape index (κ1) is 14.1. The van der Waals surface area contributed by atoms with Gasteiger partial charge in [0.15, 0.2) is 0 Å². The van der Waals surface area contributed by atoms with E-state index in [4.69, 9.17) is 28.6 Å². The molecule has 0 aliphatic carbocycles. The lowest BCUT2D eigenvalue weighted by molar-refractivity contribution is -0.144. The molecule has 1 aliphatic heterocycles. The summed E-state index contributed by atoms with van der Waals surface area (Å²) in [6, 6.07) is 0. The van der Waals surface area contributed by atoms with Gasteiger partial charge in [-0.15, -0.1) is 11.6 Å². The average molecular weight is 282 g/mol. The van der Waals surface area contributed by atoms with Crippen molar-refractivity contribution >= 4 is 45.9 Å². The molecule has 0 radical (unpaired) electrons. The number of alkyl halides is 1. The van der Waals surface area contributed by atoms with E-state index in [-0.39, 0.29) is 12.1 Å². The van der Waals surface area contributed by atoms with Gasteiger partial charge in [0.25, 0.3) is 0 Å². The number of thiocarbonyl (C=S) groups is 1. The van der Waals surface area contributed by atoms with Gasteiger partial charge in [0, 0.05) is 25.8 Å². The van der Waals surface area contributed by atoms with Gasteiger partial charge in [-0.05, 0) is 12.8 Å². The topological polar surface area (TPSA) is 29.5 Å². The van der Waals surface area contributed by atoms with Crippen molar-refractivity contribution in [1.82, 2.24) is 4.90 Å². The molecule has 1 atom stereocenters. The van der Waals surface area contributed by atoms with Crippen LogP contribution in [0.4, 0.5) is 0 Å². The summed E-state index contributed by atoms with van der Waals surface area (Å²) in [5.41, 5.74) is 0. The summed E-state index contributed by atoms with van der Waals surface area (Å²) in [5, 5.41) is 0. The van der Waals surface area contributed by atoms with Crippen LogP contribution < -0.4 is 0 Å². The molecule has 3 nitrogen and oxygen atoms in total. The SMILES string of the molecule is CC(=O)OC(CCl)CSC(=S)N1CCCC1. The molecule has 0 aromatic heterocycles. The predicted molar refractivity (Wildman–Crippen MR) is 72.1 cm³/mol. The molecule has 0 bridgehead atoms. The number of thioether (sulfide) groups is 1. The molecular weight excluding hydrogens is 266 g/mol. The molecule has 6 heteroatoms. The van der Waals surface area contributed by atoms with Crippen molar-refractivity contribution < 1.29 is 9.53 Å². The number of halogens is 1. The lowest BCUT2D eigenvalue weighted by atomic mass is 10.4. The Morgan fingerprint density at radius 1 is 1.56 bits per heavy atom. The Bertz CT molecular complexity index is 257. The normalized spacial score (nSPS) is 17.2. The number of carbonyl (C=O) groups is 1. The van der Waals surface area contributed by atoms with Crippen molar-refractivity contribution in [1.29, 1.82) is 0 Å². The largest absolute Gasteiger partial charge is 0.460 e. The van der Waals surface area contributed by atoms with Crippen LogP contribution in [0.2, 0.25) is 0 Å². The molecule has 16 heavy (non-hydrogen) atoms. The number of ether oxygens (including phenoxy) is 1. The van der Waals surface area contributed by atoms with E-state index in [1.165, 1.54) is 19.8 Å². The minimum Gasteiger partial charge on any atom is -0.460 e. The van der Waals surface area contributed by atoms with Gasteiger partial charge in [-0.3, -0.25) is 4.79 Å². The van der Waals surface area contributed by atoms with Gasteiger partial charge in [0.1, 0.15) is 10.4 Å². The van der Waals surface area contributed by atoms with E-state index in [1.807, 2.05) is 0 Å². The van der Waals surface area contributed by atoms with Crippen LogP contribution in [0, 0.1) is 0 Å². The monoisotopic (exact) mass is 281 g/mol. The zero-order valence-electron chi connectivity index (χ0n) is 9.28. The third kappa shape index (κ3) is 4.89. The number of nitrogens with zero attached hydrogens (tertiary/aromatic N) is 1. The number of hydrogen-bond donors (Lipinski definition) is 0. The molecule has 0 N–H and O–H groups in total. The first-order chi connectivity index (χ1) is 7.63. The van der Waals surface area contributed by atoms with Crippen molar-refractivity contribution in [3.63, 3.8) is 0 Å². The molecule has 0 aromatic rings. The molecule has 1 rings (SSSR count). The minimum atomic E-state index is -0.293. The minimum absolute atomic E-state index is 0.246. The van der Waals surface area contributed by atoms with Crippen molar-refractivity contribution in [3.8, 4) is 0 Å². The maximum atomic E-state index is 10.8. The number of likely N-dealkylation sites (tertiary alicyclic amines) is 1. The maximum absolute atomic E-state index is 10.8. The van der Waals surface area contributed by atoms with E-state index in [0.29, 0.717) is 11.6 Å². The maximum Gasteiger partial charge on any atom is 0.302 e. The Kier molecular flexibility index (Phi) is 6.46. The zero-order valence-corrected chi connectivity index (χ0v) is 11.7. The second kappa shape index (κ2) is 7.35. The molecule has 0 amide bonds. The van der Waals surface area contributed by atoms with Gasteiger partial charge >= 0.3 is 5.97 Å². The third-order valence-electron chi connectivity index (χ3n) is 2.26. The Labute approximate surface area is 111 Å². The summed E-state index contributed by atoms with van der Waals surface area (Å²) >= 11 is 12.6. The quantitative estimate of drug-likeness (QED) is 0.448. The highest BCUT2D eigenvalue weighted by atomic mass is 35.5. The highest BCUT2D eigenvalue weighted by Crippen LogP contribution is 2.18. The second-order valence-electron chi connectivity index (χ2n) is 3.66. The van der Waals surface area contributed by atoms with Crippen LogP contribution in [-0.4, -0.2) is 46.0 Å². The van der Waals surface area contributed by atoms with E-state index >= 15 is 0 Å². The summed E-state index contributed by atoms with van der Waals surface area (Å²) in [6.45, 7) is 3.49. The molecule has 0 spiro atoms. The Morgan fingerprint density at radius 3 is 2.69 bits per heavy atom. The van der Waals surface area contributed by atoms with Gasteiger partial charge < -0.3 is 9.64 Å². The lowest BCUT2D eigenvalue weighted by Crippen LogP contribution is -2.27. The van der Waals surface area contributed by atoms with Gasteiger partial charge in [0.05, 0.1) is 5.88 Å². The van der Waals surface area contributed by atoms with Crippen LogP contribution in [0.25, 0.3) is 0 Å². The Morgan fingerprint density at radius 2 is 2.19 bits per heavy atom. The molecule has 1 unspecified atom stereocenters. The molecule has 1 heterocycles. The van der Waals surface area contributed by atoms with Gasteiger partial charge in [0.2, 0.25) is 0 Å². The summed E-state index contributed by atoms with van der Waals surface area (Å²) < 4.78 is 5.93. The van der Waals surface area contributed by atoms with Crippen molar-refractivity contribution in [2.24, 2.45) is 0 Å². The highest BCUT2D eigenvalue weighted by Gasteiger charge is 2.18. The molecule has 0 aromatic carbocycles. The fourth-order valence-corrected chi connectivity index (χ4v) is 3.07. The predicted octanol–water partition coefficient (Wildman–Crippen LogP) is 2.27. The van der Waals surface area contributed by atoms with Crippen molar-refractivity contribution in [2.75, 3.05) is 24.7 Å². The van der Waals surface area contributed by atoms with Crippen LogP contribution in [0.1, 0.15) is 19.8 Å². The zero-order chi connectivity index (χ0) is 12.0.